The van der Waals surface area contributed by atoms with Crippen molar-refractivity contribution in [2.24, 2.45) is 0 Å². The van der Waals surface area contributed by atoms with Gasteiger partial charge in [-0.15, -0.1) is 0 Å². The van der Waals surface area contributed by atoms with Crippen molar-refractivity contribution in [2.75, 3.05) is 5.32 Å². The number of phenols is 1. The summed E-state index contributed by atoms with van der Waals surface area (Å²) in [4.78, 5) is 27.0. The van der Waals surface area contributed by atoms with Gasteiger partial charge in [0.25, 0.3) is 11.6 Å². The first kappa shape index (κ1) is 18.5. The highest BCUT2D eigenvalue weighted by Crippen LogP contribution is 2.33. The van der Waals surface area contributed by atoms with Crippen LogP contribution in [0.15, 0.2) is 65.1 Å². The summed E-state index contributed by atoms with van der Waals surface area (Å²) in [5.41, 5.74) is 1.59. The highest BCUT2D eigenvalue weighted by atomic mass is 35.5. The Morgan fingerprint density at radius 1 is 1.14 bits per heavy atom. The number of amides is 1. The molecule has 9 heteroatoms. The lowest BCUT2D eigenvalue weighted by Gasteiger charge is -2.08. The van der Waals surface area contributed by atoms with E-state index in [0.717, 1.165) is 6.07 Å². The van der Waals surface area contributed by atoms with Crippen molar-refractivity contribution in [2.45, 2.75) is 0 Å². The van der Waals surface area contributed by atoms with Gasteiger partial charge in [0.2, 0.25) is 5.89 Å². The van der Waals surface area contributed by atoms with Gasteiger partial charge in [-0.2, -0.15) is 0 Å². The maximum Gasteiger partial charge on any atom is 0.288 e. The third-order valence-corrected chi connectivity index (χ3v) is 4.50. The maximum absolute atomic E-state index is 12.4. The first-order valence-corrected chi connectivity index (χ1v) is 8.74. The van der Waals surface area contributed by atoms with Crippen LogP contribution in [0.1, 0.15) is 10.4 Å². The van der Waals surface area contributed by atoms with E-state index in [1.54, 1.807) is 24.3 Å². The van der Waals surface area contributed by atoms with Crippen molar-refractivity contribution in [3.8, 4) is 17.2 Å². The summed E-state index contributed by atoms with van der Waals surface area (Å²) in [5, 5.41) is 23.8. The van der Waals surface area contributed by atoms with E-state index >= 15 is 0 Å². The number of halogens is 1. The fourth-order valence-corrected chi connectivity index (χ4v) is 2.96. The van der Waals surface area contributed by atoms with Gasteiger partial charge in [-0.25, -0.2) is 4.98 Å². The molecule has 0 aliphatic rings. The molecule has 0 saturated heterocycles. The van der Waals surface area contributed by atoms with Crippen LogP contribution >= 0.6 is 11.6 Å². The van der Waals surface area contributed by atoms with E-state index in [-0.39, 0.29) is 27.9 Å². The smallest absolute Gasteiger partial charge is 0.288 e. The zero-order valence-corrected chi connectivity index (χ0v) is 15.4. The number of para-hydroxylation sites is 2. The minimum atomic E-state index is -0.667. The van der Waals surface area contributed by atoms with Crippen LogP contribution in [0.3, 0.4) is 0 Å². The van der Waals surface area contributed by atoms with Crippen molar-refractivity contribution in [1.29, 1.82) is 0 Å². The largest absolute Gasteiger partial charge is 0.507 e. The van der Waals surface area contributed by atoms with Crippen molar-refractivity contribution in [1.82, 2.24) is 4.98 Å². The topological polar surface area (TPSA) is 118 Å². The maximum atomic E-state index is 12.4. The molecule has 1 aromatic heterocycles. The Morgan fingerprint density at radius 2 is 1.93 bits per heavy atom. The number of hydrogen-bond donors (Lipinski definition) is 2. The van der Waals surface area contributed by atoms with Crippen molar-refractivity contribution >= 4 is 40.0 Å². The molecule has 8 nitrogen and oxygen atoms in total. The van der Waals surface area contributed by atoms with Crippen LogP contribution in [0.2, 0.25) is 5.02 Å². The highest BCUT2D eigenvalue weighted by Gasteiger charge is 2.17. The summed E-state index contributed by atoms with van der Waals surface area (Å²) in [6.45, 7) is 0. The molecule has 1 heterocycles. The molecule has 1 amide bonds. The molecule has 0 atom stereocenters. The summed E-state index contributed by atoms with van der Waals surface area (Å²) in [6.07, 6.45) is 0. The molecule has 3 aromatic carbocycles. The van der Waals surface area contributed by atoms with Crippen molar-refractivity contribution in [3.05, 3.63) is 81.4 Å². The number of rotatable bonds is 4. The number of phenolic OH excluding ortho intramolecular Hbond substituents is 1. The average molecular weight is 410 g/mol. The Hall–Kier alpha value is -3.91. The fourth-order valence-electron chi connectivity index (χ4n) is 2.77. The van der Waals surface area contributed by atoms with Gasteiger partial charge in [0, 0.05) is 23.4 Å². The van der Waals surface area contributed by atoms with Crippen LogP contribution in [0.4, 0.5) is 11.4 Å². The third kappa shape index (κ3) is 3.61. The van der Waals surface area contributed by atoms with Gasteiger partial charge < -0.3 is 14.8 Å². The number of nitrogens with zero attached hydrogens (tertiary/aromatic N) is 2. The molecule has 4 rings (SSSR count). The number of nitro groups is 1. The molecule has 0 bridgehead atoms. The number of fused-ring (bicyclic) bond motifs is 1. The number of carbonyl (C=O) groups is 1. The van der Waals surface area contributed by atoms with E-state index in [1.807, 2.05) is 12.1 Å². The van der Waals surface area contributed by atoms with Gasteiger partial charge in [-0.05, 0) is 36.4 Å². The minimum Gasteiger partial charge on any atom is -0.507 e. The lowest BCUT2D eigenvalue weighted by atomic mass is 10.1. The Morgan fingerprint density at radius 3 is 2.66 bits per heavy atom. The van der Waals surface area contributed by atoms with Crippen molar-refractivity contribution < 1.29 is 19.2 Å². The zero-order valence-electron chi connectivity index (χ0n) is 14.6. The van der Waals surface area contributed by atoms with E-state index in [9.17, 15) is 20.0 Å². The van der Waals surface area contributed by atoms with Crippen LogP contribution in [-0.2, 0) is 0 Å². The zero-order chi connectivity index (χ0) is 20.5. The molecular formula is C20H12ClN3O5. The molecule has 0 aliphatic carbocycles. The summed E-state index contributed by atoms with van der Waals surface area (Å²) in [6, 6.07) is 15.4. The molecule has 0 saturated carbocycles. The molecule has 0 unspecified atom stereocenters. The lowest BCUT2D eigenvalue weighted by molar-refractivity contribution is -0.384. The third-order valence-electron chi connectivity index (χ3n) is 4.18. The molecule has 0 radical (unpaired) electrons. The van der Waals surface area contributed by atoms with E-state index in [0.29, 0.717) is 22.4 Å². The Kier molecular flexibility index (Phi) is 4.61. The number of hydrogen-bond acceptors (Lipinski definition) is 6. The fraction of sp³-hybridized carbons (Fsp3) is 0. The van der Waals surface area contributed by atoms with E-state index in [4.69, 9.17) is 16.0 Å². The first-order chi connectivity index (χ1) is 13.9. The number of nitrogens with one attached hydrogen (secondary N) is 1. The van der Waals surface area contributed by atoms with Crippen LogP contribution in [-0.4, -0.2) is 20.9 Å². The second kappa shape index (κ2) is 7.25. The van der Waals surface area contributed by atoms with Gasteiger partial charge >= 0.3 is 0 Å². The molecule has 29 heavy (non-hydrogen) atoms. The number of carbonyl (C=O) groups excluding carboxylic acids is 1. The quantitative estimate of drug-likeness (QED) is 0.361. The Bertz CT molecular complexity index is 1240. The van der Waals surface area contributed by atoms with Crippen LogP contribution in [0.5, 0.6) is 5.75 Å². The number of anilines is 1. The predicted octanol–water partition coefficient (Wildman–Crippen LogP) is 5.01. The normalized spacial score (nSPS) is 10.8. The van der Waals surface area contributed by atoms with E-state index in [1.165, 1.54) is 18.2 Å². The highest BCUT2D eigenvalue weighted by molar-refractivity contribution is 6.32. The molecule has 4 aromatic rings. The van der Waals surface area contributed by atoms with Crippen LogP contribution in [0, 0.1) is 10.1 Å². The summed E-state index contributed by atoms with van der Waals surface area (Å²) < 4.78 is 5.64. The Balaban J connectivity index is 1.59. The number of benzene rings is 3. The monoisotopic (exact) mass is 409 g/mol. The SMILES string of the molecule is O=C(Nc1ccc(-c2nc3ccccc3o2)c(O)c1)c1ccc(Cl)c([N+](=O)[O-])c1. The Labute approximate surface area is 168 Å². The first-order valence-electron chi connectivity index (χ1n) is 8.36. The van der Waals surface area contributed by atoms with Crippen molar-refractivity contribution in [3.63, 3.8) is 0 Å². The summed E-state index contributed by atoms with van der Waals surface area (Å²) >= 11 is 5.76. The number of oxazole rings is 1. The van der Waals surface area contributed by atoms with Gasteiger partial charge in [0.15, 0.2) is 5.58 Å². The van der Waals surface area contributed by atoms with E-state index in [2.05, 4.69) is 10.3 Å². The van der Waals surface area contributed by atoms with Crippen LogP contribution in [0.25, 0.3) is 22.6 Å². The number of aromatic nitrogens is 1. The molecule has 0 spiro atoms. The van der Waals surface area contributed by atoms with Gasteiger partial charge in [-0.3, -0.25) is 14.9 Å². The van der Waals surface area contributed by atoms with E-state index < -0.39 is 10.8 Å². The second-order valence-electron chi connectivity index (χ2n) is 6.10. The van der Waals surface area contributed by atoms with Gasteiger partial charge in [-0.1, -0.05) is 23.7 Å². The standard InChI is InChI=1S/C20H12ClN3O5/c21-14-8-5-11(9-16(14)24(27)28)19(26)22-12-6-7-13(17(25)10-12)20-23-15-3-1-2-4-18(15)29-20/h1-10,25H,(H,22,26). The molecule has 0 fully saturated rings. The molecule has 0 aliphatic heterocycles. The van der Waals surface area contributed by atoms with Gasteiger partial charge in [0.05, 0.1) is 10.5 Å². The van der Waals surface area contributed by atoms with Gasteiger partial charge in [0.1, 0.15) is 16.3 Å². The predicted molar refractivity (Wildman–Crippen MR) is 107 cm³/mol. The average Bonchev–Trinajstić information content (AvgIpc) is 3.12. The number of nitro benzene ring substituents is 1. The molecule has 2 N–H and O–H groups in total. The summed E-state index contributed by atoms with van der Waals surface area (Å²) in [7, 11) is 0. The minimum absolute atomic E-state index is 0.0589. The summed E-state index contributed by atoms with van der Waals surface area (Å²) in [5.74, 6) is -0.481. The molecular weight excluding hydrogens is 398 g/mol. The number of aromatic hydroxyl groups is 1. The second-order valence-corrected chi connectivity index (χ2v) is 6.50. The lowest BCUT2D eigenvalue weighted by Crippen LogP contribution is -2.12. The van der Waals surface area contributed by atoms with Crippen LogP contribution < -0.4 is 5.32 Å². The molecule has 144 valence electrons.